The maximum absolute atomic E-state index is 11.8. The Morgan fingerprint density at radius 2 is 2.21 bits per heavy atom. The van der Waals surface area contributed by atoms with Gasteiger partial charge < -0.3 is 20.3 Å². The number of nitrogens with zero attached hydrogens (tertiary/aromatic N) is 3. The molecule has 0 aliphatic heterocycles. The first-order valence-electron chi connectivity index (χ1n) is 9.26. The molecule has 0 aliphatic carbocycles. The van der Waals surface area contributed by atoms with Crippen molar-refractivity contribution in [3.63, 3.8) is 0 Å². The van der Waals surface area contributed by atoms with Crippen molar-refractivity contribution in [1.82, 2.24) is 20.5 Å². The largest absolute Gasteiger partial charge is 0.375 e. The number of carbonyl (C=O) groups is 1. The van der Waals surface area contributed by atoms with Gasteiger partial charge in [0.1, 0.15) is 11.1 Å². The van der Waals surface area contributed by atoms with Crippen molar-refractivity contribution in [2.75, 3.05) is 27.7 Å². The maximum Gasteiger partial charge on any atom is 0.251 e. The molecule has 1 amide bonds. The minimum atomic E-state index is -0.0977. The first-order valence-corrected chi connectivity index (χ1v) is 10.1. The van der Waals surface area contributed by atoms with Crippen LogP contribution in [0.1, 0.15) is 46.6 Å². The third-order valence-electron chi connectivity index (χ3n) is 4.19. The van der Waals surface area contributed by atoms with E-state index < -0.39 is 0 Å². The Labute approximate surface area is 170 Å². The van der Waals surface area contributed by atoms with Crippen molar-refractivity contribution in [2.24, 2.45) is 4.99 Å². The molecule has 0 aliphatic rings. The molecule has 8 heteroatoms. The van der Waals surface area contributed by atoms with Gasteiger partial charge in [-0.1, -0.05) is 12.1 Å². The Morgan fingerprint density at radius 3 is 2.89 bits per heavy atom. The summed E-state index contributed by atoms with van der Waals surface area (Å²) in [5.74, 6) is 0.696. The number of rotatable bonds is 8. The van der Waals surface area contributed by atoms with Crippen molar-refractivity contribution in [3.8, 4) is 0 Å². The third-order valence-corrected chi connectivity index (χ3v) is 5.25. The van der Waals surface area contributed by atoms with Crippen LogP contribution in [0.2, 0.25) is 0 Å². The average molecular weight is 404 g/mol. The van der Waals surface area contributed by atoms with E-state index in [9.17, 15) is 4.79 Å². The van der Waals surface area contributed by atoms with Crippen LogP contribution >= 0.6 is 11.3 Å². The maximum atomic E-state index is 11.8. The summed E-state index contributed by atoms with van der Waals surface area (Å²) in [6.45, 7) is 5.93. The van der Waals surface area contributed by atoms with Gasteiger partial charge in [-0.25, -0.2) is 9.98 Å². The second-order valence-electron chi connectivity index (χ2n) is 6.36. The van der Waals surface area contributed by atoms with E-state index in [1.165, 1.54) is 0 Å². The number of hydrogen-bond donors (Lipinski definition) is 2. The molecular formula is C20H29N5O2S. The zero-order valence-electron chi connectivity index (χ0n) is 17.2. The van der Waals surface area contributed by atoms with Crippen LogP contribution in [0.3, 0.4) is 0 Å². The van der Waals surface area contributed by atoms with Crippen molar-refractivity contribution < 1.29 is 9.53 Å². The highest BCUT2D eigenvalue weighted by Gasteiger charge is 2.13. The summed E-state index contributed by atoms with van der Waals surface area (Å²) in [6, 6.07) is 7.51. The van der Waals surface area contributed by atoms with Crippen LogP contribution in [-0.4, -0.2) is 49.5 Å². The van der Waals surface area contributed by atoms with Gasteiger partial charge in [-0.2, -0.15) is 0 Å². The first kappa shape index (κ1) is 21.8. The predicted octanol–water partition coefficient (Wildman–Crippen LogP) is 2.81. The monoisotopic (exact) mass is 403 g/mol. The quantitative estimate of drug-likeness (QED) is 0.523. The van der Waals surface area contributed by atoms with Crippen LogP contribution in [-0.2, 0) is 17.8 Å². The summed E-state index contributed by atoms with van der Waals surface area (Å²) >= 11 is 1.60. The summed E-state index contributed by atoms with van der Waals surface area (Å²) < 4.78 is 5.33. The number of benzene rings is 1. The Balaban J connectivity index is 2.08. The van der Waals surface area contributed by atoms with E-state index in [1.54, 1.807) is 31.6 Å². The van der Waals surface area contributed by atoms with Gasteiger partial charge in [-0.15, -0.1) is 11.3 Å². The second-order valence-corrected chi connectivity index (χ2v) is 7.25. The molecule has 1 aromatic heterocycles. The number of methoxy groups -OCH3 is 1. The molecule has 0 fully saturated rings. The van der Waals surface area contributed by atoms with Gasteiger partial charge in [0.25, 0.3) is 5.91 Å². The number of ether oxygens (including phenoxy) is 1. The molecule has 1 atom stereocenters. The highest BCUT2D eigenvalue weighted by molar-refractivity contribution is 7.09. The number of carbonyl (C=O) groups excluding carboxylic acids is 1. The standard InChI is InChI=1S/C20H29N5O2S/c1-6-22-20(23-11-15-8-7-9-16(10-15)18(26)21-3)25(4)12-17-13-28-19(24-17)14(2)27-5/h7-10,13-14H,6,11-12H2,1-5H3,(H,21,26)(H,22,23). The predicted molar refractivity (Wildman–Crippen MR) is 114 cm³/mol. The van der Waals surface area contributed by atoms with Crippen LogP contribution in [0, 0.1) is 0 Å². The Bertz CT molecular complexity index is 805. The molecule has 0 spiro atoms. The smallest absolute Gasteiger partial charge is 0.251 e. The highest BCUT2D eigenvalue weighted by Crippen LogP contribution is 2.21. The van der Waals surface area contributed by atoms with E-state index in [0.717, 1.165) is 28.8 Å². The number of aliphatic imine (C=N–C) groups is 1. The molecule has 2 rings (SSSR count). The summed E-state index contributed by atoms with van der Waals surface area (Å²) in [7, 11) is 5.30. The van der Waals surface area contributed by atoms with Gasteiger partial charge >= 0.3 is 0 Å². The number of aromatic nitrogens is 1. The van der Waals surface area contributed by atoms with Crippen LogP contribution in [0.15, 0.2) is 34.6 Å². The van der Waals surface area contributed by atoms with Crippen molar-refractivity contribution in [1.29, 1.82) is 0 Å². The van der Waals surface area contributed by atoms with Gasteiger partial charge in [0, 0.05) is 38.7 Å². The van der Waals surface area contributed by atoms with E-state index in [0.29, 0.717) is 18.7 Å². The molecule has 1 heterocycles. The fraction of sp³-hybridized carbons (Fsp3) is 0.450. The lowest BCUT2D eigenvalue weighted by Gasteiger charge is -2.21. The molecule has 0 radical (unpaired) electrons. The fourth-order valence-electron chi connectivity index (χ4n) is 2.59. The van der Waals surface area contributed by atoms with Crippen molar-refractivity contribution in [2.45, 2.75) is 33.0 Å². The molecule has 28 heavy (non-hydrogen) atoms. The Kier molecular flexibility index (Phi) is 8.41. The Hall–Kier alpha value is -2.45. The van der Waals surface area contributed by atoms with Gasteiger partial charge in [0.2, 0.25) is 0 Å². The van der Waals surface area contributed by atoms with E-state index >= 15 is 0 Å². The van der Waals surface area contributed by atoms with Gasteiger partial charge in [-0.05, 0) is 31.5 Å². The van der Waals surface area contributed by atoms with E-state index in [2.05, 4.69) is 21.0 Å². The van der Waals surface area contributed by atoms with Crippen LogP contribution in [0.4, 0.5) is 0 Å². The molecular weight excluding hydrogens is 374 g/mol. The van der Waals surface area contributed by atoms with Crippen LogP contribution < -0.4 is 10.6 Å². The van der Waals surface area contributed by atoms with E-state index in [4.69, 9.17) is 9.73 Å². The highest BCUT2D eigenvalue weighted by atomic mass is 32.1. The second kappa shape index (κ2) is 10.8. The molecule has 2 aromatic rings. The van der Waals surface area contributed by atoms with Crippen LogP contribution in [0.25, 0.3) is 0 Å². The lowest BCUT2D eigenvalue weighted by atomic mass is 10.1. The van der Waals surface area contributed by atoms with Gasteiger partial charge in [0.05, 0.1) is 18.8 Å². The van der Waals surface area contributed by atoms with Gasteiger partial charge in [-0.3, -0.25) is 4.79 Å². The third kappa shape index (κ3) is 6.03. The zero-order chi connectivity index (χ0) is 20.5. The molecule has 1 aromatic carbocycles. The number of thiazole rings is 1. The molecule has 152 valence electrons. The molecule has 0 bridgehead atoms. The first-order chi connectivity index (χ1) is 13.5. The number of amides is 1. The van der Waals surface area contributed by atoms with Crippen LogP contribution in [0.5, 0.6) is 0 Å². The summed E-state index contributed by atoms with van der Waals surface area (Å²) in [5.41, 5.74) is 2.60. The lowest BCUT2D eigenvalue weighted by Crippen LogP contribution is -2.38. The van der Waals surface area contributed by atoms with Gasteiger partial charge in [0.15, 0.2) is 5.96 Å². The number of nitrogens with one attached hydrogen (secondary N) is 2. The number of hydrogen-bond acceptors (Lipinski definition) is 5. The van der Waals surface area contributed by atoms with E-state index in [1.807, 2.05) is 44.0 Å². The Morgan fingerprint density at radius 1 is 1.43 bits per heavy atom. The molecule has 1 unspecified atom stereocenters. The van der Waals surface area contributed by atoms with Crippen molar-refractivity contribution in [3.05, 3.63) is 51.5 Å². The zero-order valence-corrected chi connectivity index (χ0v) is 18.0. The summed E-state index contributed by atoms with van der Waals surface area (Å²) in [4.78, 5) is 23.2. The van der Waals surface area contributed by atoms with E-state index in [-0.39, 0.29) is 12.0 Å². The minimum Gasteiger partial charge on any atom is -0.375 e. The molecule has 0 saturated heterocycles. The normalized spacial score (nSPS) is 12.5. The minimum absolute atomic E-state index is 0.00134. The molecule has 0 saturated carbocycles. The summed E-state index contributed by atoms with van der Waals surface area (Å²) in [6.07, 6.45) is -0.00134. The topological polar surface area (TPSA) is 78.9 Å². The summed E-state index contributed by atoms with van der Waals surface area (Å²) in [5, 5.41) is 8.98. The number of guanidine groups is 1. The molecule has 2 N–H and O–H groups in total. The fourth-order valence-corrected chi connectivity index (χ4v) is 3.43. The SMILES string of the molecule is CCNC(=NCc1cccc(C(=O)NC)c1)N(C)Cc1csc(C(C)OC)n1. The average Bonchev–Trinajstić information content (AvgIpc) is 3.18. The molecule has 7 nitrogen and oxygen atoms in total. The lowest BCUT2D eigenvalue weighted by molar-refractivity contribution is 0.0963. The van der Waals surface area contributed by atoms with Crippen molar-refractivity contribution >= 4 is 23.2 Å².